The molecule has 5 heteroatoms. The van der Waals surface area contributed by atoms with Crippen LogP contribution in [0.15, 0.2) is 60.7 Å². The van der Waals surface area contributed by atoms with Crippen LogP contribution in [0.2, 0.25) is 5.02 Å². The largest absolute Gasteiger partial charge is 0.404 e. The Morgan fingerprint density at radius 2 is 1.83 bits per heavy atom. The summed E-state index contributed by atoms with van der Waals surface area (Å²) in [6.07, 6.45) is 0.747. The molecule has 0 atom stereocenters. The van der Waals surface area contributed by atoms with Crippen molar-refractivity contribution >= 4 is 17.6 Å². The molecule has 0 saturated carbocycles. The molecule has 3 rings (SSSR count). The summed E-state index contributed by atoms with van der Waals surface area (Å²) in [7, 11) is 0. The van der Waals surface area contributed by atoms with Crippen LogP contribution < -0.4 is 4.74 Å². The Balaban J connectivity index is 1.94. The fourth-order valence-corrected chi connectivity index (χ4v) is 2.28. The highest BCUT2D eigenvalue weighted by Gasteiger charge is 2.15. The number of halogens is 1. The normalized spacial score (nSPS) is 10.5. The minimum atomic E-state index is -0.414. The van der Waals surface area contributed by atoms with Crippen molar-refractivity contribution in [1.29, 1.82) is 0 Å². The van der Waals surface area contributed by atoms with Gasteiger partial charge >= 0.3 is 5.97 Å². The summed E-state index contributed by atoms with van der Waals surface area (Å²) in [6.45, 7) is 2.00. The highest BCUT2D eigenvalue weighted by Crippen LogP contribution is 2.22. The van der Waals surface area contributed by atoms with Crippen LogP contribution in [0.5, 0.6) is 5.88 Å². The van der Waals surface area contributed by atoms with Crippen molar-refractivity contribution in [3.63, 3.8) is 0 Å². The fourth-order valence-electron chi connectivity index (χ4n) is 2.15. The first-order chi connectivity index (χ1) is 11.2. The first-order valence-electron chi connectivity index (χ1n) is 7.29. The maximum absolute atomic E-state index is 12.3. The summed E-state index contributed by atoms with van der Waals surface area (Å²) in [6, 6.07) is 17.8. The second-order valence-corrected chi connectivity index (χ2v) is 5.41. The Morgan fingerprint density at radius 3 is 2.48 bits per heavy atom. The van der Waals surface area contributed by atoms with Gasteiger partial charge in [0.2, 0.25) is 5.88 Å². The van der Waals surface area contributed by atoms with E-state index < -0.39 is 5.97 Å². The molecule has 0 radical (unpaired) electrons. The van der Waals surface area contributed by atoms with E-state index in [0.717, 1.165) is 17.8 Å². The first kappa shape index (κ1) is 15.3. The molecule has 0 N–H and O–H groups in total. The molecule has 0 fully saturated rings. The molecule has 0 amide bonds. The van der Waals surface area contributed by atoms with Gasteiger partial charge in [-0.05, 0) is 42.8 Å². The van der Waals surface area contributed by atoms with Crippen LogP contribution in [-0.4, -0.2) is 15.7 Å². The van der Waals surface area contributed by atoms with Crippen LogP contribution in [-0.2, 0) is 6.42 Å². The van der Waals surface area contributed by atoms with Crippen LogP contribution in [0.25, 0.3) is 5.69 Å². The average Bonchev–Trinajstić information content (AvgIpc) is 2.99. The summed E-state index contributed by atoms with van der Waals surface area (Å²) in [5.74, 6) is -0.0265. The lowest BCUT2D eigenvalue weighted by Crippen LogP contribution is -2.11. The Morgan fingerprint density at radius 1 is 1.13 bits per heavy atom. The highest BCUT2D eigenvalue weighted by atomic mass is 35.5. The van der Waals surface area contributed by atoms with Gasteiger partial charge in [0.15, 0.2) is 0 Å². The number of hydrogen-bond donors (Lipinski definition) is 0. The molecule has 0 spiro atoms. The van der Waals surface area contributed by atoms with Crippen molar-refractivity contribution < 1.29 is 9.53 Å². The predicted molar refractivity (Wildman–Crippen MR) is 89.4 cm³/mol. The van der Waals surface area contributed by atoms with Crippen molar-refractivity contribution in [2.75, 3.05) is 0 Å². The third-order valence-electron chi connectivity index (χ3n) is 3.37. The predicted octanol–water partition coefficient (Wildman–Crippen LogP) is 4.31. The standard InChI is InChI=1S/C18H15ClN2O2/c1-2-15-12-17(23-18(22)13-6-4-3-5-7-13)21(20-15)16-10-8-14(19)9-11-16/h3-12H,2H2,1H3. The molecule has 2 aromatic carbocycles. The smallest absolute Gasteiger partial charge is 0.344 e. The molecule has 0 aliphatic heterocycles. The van der Waals surface area contributed by atoms with Gasteiger partial charge in [-0.15, -0.1) is 0 Å². The van der Waals surface area contributed by atoms with Crippen molar-refractivity contribution in [2.45, 2.75) is 13.3 Å². The summed E-state index contributed by atoms with van der Waals surface area (Å²) in [5.41, 5.74) is 2.12. The number of hydrogen-bond acceptors (Lipinski definition) is 3. The number of benzene rings is 2. The molecule has 0 saturated heterocycles. The van der Waals surface area contributed by atoms with Crippen LogP contribution in [0.3, 0.4) is 0 Å². The number of esters is 1. The molecule has 23 heavy (non-hydrogen) atoms. The van der Waals surface area contributed by atoms with E-state index in [1.807, 2.05) is 25.1 Å². The van der Waals surface area contributed by atoms with Gasteiger partial charge in [0, 0.05) is 11.1 Å². The quantitative estimate of drug-likeness (QED) is 0.671. The van der Waals surface area contributed by atoms with Gasteiger partial charge < -0.3 is 4.74 Å². The monoisotopic (exact) mass is 326 g/mol. The first-order valence-corrected chi connectivity index (χ1v) is 7.67. The van der Waals surface area contributed by atoms with Gasteiger partial charge in [-0.2, -0.15) is 5.10 Å². The van der Waals surface area contributed by atoms with Gasteiger partial charge in [0.1, 0.15) is 0 Å². The van der Waals surface area contributed by atoms with E-state index in [2.05, 4.69) is 5.10 Å². The van der Waals surface area contributed by atoms with Gasteiger partial charge in [0.05, 0.1) is 16.9 Å². The molecular formula is C18H15ClN2O2. The number of ether oxygens (including phenoxy) is 1. The van der Waals surface area contributed by atoms with Crippen molar-refractivity contribution in [2.24, 2.45) is 0 Å². The van der Waals surface area contributed by atoms with E-state index in [1.165, 1.54) is 0 Å². The second-order valence-electron chi connectivity index (χ2n) is 4.97. The third-order valence-corrected chi connectivity index (χ3v) is 3.62. The molecule has 116 valence electrons. The summed E-state index contributed by atoms with van der Waals surface area (Å²) >= 11 is 5.92. The molecule has 0 bridgehead atoms. The molecule has 1 heterocycles. The fraction of sp³-hybridized carbons (Fsp3) is 0.111. The average molecular weight is 327 g/mol. The highest BCUT2D eigenvalue weighted by molar-refractivity contribution is 6.30. The Labute approximate surface area is 139 Å². The molecular weight excluding hydrogens is 312 g/mol. The van der Waals surface area contributed by atoms with E-state index in [9.17, 15) is 4.79 Å². The maximum atomic E-state index is 12.3. The SMILES string of the molecule is CCc1cc(OC(=O)c2ccccc2)n(-c2ccc(Cl)cc2)n1. The van der Waals surface area contributed by atoms with E-state index >= 15 is 0 Å². The van der Waals surface area contributed by atoms with E-state index in [1.54, 1.807) is 47.1 Å². The minimum Gasteiger partial charge on any atom is -0.404 e. The lowest BCUT2D eigenvalue weighted by Gasteiger charge is -2.08. The number of nitrogens with zero attached hydrogens (tertiary/aromatic N) is 2. The zero-order valence-corrected chi connectivity index (χ0v) is 13.3. The second kappa shape index (κ2) is 6.67. The van der Waals surface area contributed by atoms with Gasteiger partial charge in [-0.1, -0.05) is 36.7 Å². The lowest BCUT2D eigenvalue weighted by atomic mass is 10.2. The number of carbonyl (C=O) groups excluding carboxylic acids is 1. The van der Waals surface area contributed by atoms with Gasteiger partial charge in [0.25, 0.3) is 0 Å². The number of rotatable bonds is 4. The number of aromatic nitrogens is 2. The van der Waals surface area contributed by atoms with Crippen LogP contribution in [0, 0.1) is 0 Å². The van der Waals surface area contributed by atoms with Crippen LogP contribution in [0.4, 0.5) is 0 Å². The lowest BCUT2D eigenvalue weighted by molar-refractivity contribution is 0.0723. The maximum Gasteiger partial charge on any atom is 0.344 e. The van der Waals surface area contributed by atoms with Crippen molar-refractivity contribution in [3.8, 4) is 11.6 Å². The minimum absolute atomic E-state index is 0.387. The molecule has 3 aromatic rings. The topological polar surface area (TPSA) is 44.1 Å². The molecule has 4 nitrogen and oxygen atoms in total. The van der Waals surface area contributed by atoms with Gasteiger partial charge in [-0.3, -0.25) is 0 Å². The molecule has 0 unspecified atom stereocenters. The third kappa shape index (κ3) is 3.43. The summed E-state index contributed by atoms with van der Waals surface area (Å²) < 4.78 is 7.13. The van der Waals surface area contributed by atoms with E-state index in [0.29, 0.717) is 16.5 Å². The van der Waals surface area contributed by atoms with Crippen molar-refractivity contribution in [1.82, 2.24) is 9.78 Å². The summed E-state index contributed by atoms with van der Waals surface area (Å²) in [4.78, 5) is 12.3. The Kier molecular flexibility index (Phi) is 4.44. The molecule has 0 aliphatic rings. The van der Waals surface area contributed by atoms with Crippen LogP contribution >= 0.6 is 11.6 Å². The Bertz CT molecular complexity index is 811. The van der Waals surface area contributed by atoms with Crippen molar-refractivity contribution in [3.05, 3.63) is 76.9 Å². The number of carbonyl (C=O) groups is 1. The zero-order chi connectivity index (χ0) is 16.2. The van der Waals surface area contributed by atoms with E-state index in [-0.39, 0.29) is 0 Å². The van der Waals surface area contributed by atoms with Gasteiger partial charge in [-0.25, -0.2) is 9.48 Å². The van der Waals surface area contributed by atoms with Crippen LogP contribution in [0.1, 0.15) is 23.0 Å². The zero-order valence-electron chi connectivity index (χ0n) is 12.6. The summed E-state index contributed by atoms with van der Waals surface area (Å²) in [5, 5.41) is 5.11. The molecule has 0 aliphatic carbocycles. The van der Waals surface area contributed by atoms with E-state index in [4.69, 9.17) is 16.3 Å². The number of aryl methyl sites for hydroxylation is 1. The Hall–Kier alpha value is -2.59. The molecule has 1 aromatic heterocycles.